The summed E-state index contributed by atoms with van der Waals surface area (Å²) in [5, 5.41) is 12.6. The maximum Gasteiger partial charge on any atom is 0.239 e. The van der Waals surface area contributed by atoms with E-state index in [0.29, 0.717) is 26.1 Å². The van der Waals surface area contributed by atoms with Crippen LogP contribution in [0.5, 0.6) is 5.75 Å². The van der Waals surface area contributed by atoms with E-state index in [1.807, 2.05) is 23.1 Å². The molecule has 6 nitrogen and oxygen atoms in total. The van der Waals surface area contributed by atoms with Gasteiger partial charge in [0, 0.05) is 44.5 Å². The first-order chi connectivity index (χ1) is 10.7. The number of aliphatic hydroxyl groups excluding tert-OH is 1. The molecule has 2 aliphatic rings. The lowest BCUT2D eigenvalue weighted by molar-refractivity contribution is -0.133. The van der Waals surface area contributed by atoms with Gasteiger partial charge in [-0.2, -0.15) is 0 Å². The molecule has 1 aromatic carbocycles. The van der Waals surface area contributed by atoms with Crippen LogP contribution < -0.4 is 15.0 Å². The average molecular weight is 305 g/mol. The van der Waals surface area contributed by atoms with Crippen LogP contribution in [0.4, 0.5) is 5.69 Å². The molecule has 2 atom stereocenters. The van der Waals surface area contributed by atoms with Gasteiger partial charge in [0.25, 0.3) is 0 Å². The molecule has 6 heteroatoms. The number of rotatable bonds is 3. The minimum atomic E-state index is -0.396. The maximum absolute atomic E-state index is 12.4. The van der Waals surface area contributed by atoms with Crippen molar-refractivity contribution in [3.8, 4) is 5.75 Å². The smallest absolute Gasteiger partial charge is 0.239 e. The minimum absolute atomic E-state index is 0.113. The number of methoxy groups -OCH3 is 1. The molecule has 0 saturated carbocycles. The molecule has 2 aliphatic heterocycles. The van der Waals surface area contributed by atoms with E-state index in [0.717, 1.165) is 24.5 Å². The number of β-amino-alcohol motifs (C(OH)–C–C–N with tert-alkyl or cyclic N) is 1. The third-order valence-electron chi connectivity index (χ3n) is 4.42. The summed E-state index contributed by atoms with van der Waals surface area (Å²) in [4.78, 5) is 16.6. The van der Waals surface area contributed by atoms with Gasteiger partial charge in [-0.3, -0.25) is 4.79 Å². The first-order valence-corrected chi connectivity index (χ1v) is 7.76. The minimum Gasteiger partial charge on any atom is -0.497 e. The van der Waals surface area contributed by atoms with Gasteiger partial charge in [-0.15, -0.1) is 0 Å². The molecule has 1 amide bonds. The lowest BCUT2D eigenvalue weighted by Crippen LogP contribution is -2.53. The first kappa shape index (κ1) is 15.1. The number of benzene rings is 1. The van der Waals surface area contributed by atoms with Crippen molar-refractivity contribution in [3.63, 3.8) is 0 Å². The van der Waals surface area contributed by atoms with Crippen molar-refractivity contribution in [1.82, 2.24) is 10.2 Å². The number of hydrogen-bond donors (Lipinski definition) is 2. The quantitative estimate of drug-likeness (QED) is 0.827. The van der Waals surface area contributed by atoms with Crippen LogP contribution in [-0.4, -0.2) is 67.9 Å². The van der Waals surface area contributed by atoms with Gasteiger partial charge in [0.1, 0.15) is 5.75 Å². The topological polar surface area (TPSA) is 65.0 Å². The zero-order chi connectivity index (χ0) is 15.5. The van der Waals surface area contributed by atoms with Crippen molar-refractivity contribution in [2.24, 2.45) is 0 Å². The summed E-state index contributed by atoms with van der Waals surface area (Å²) in [5.74, 6) is 0.960. The number of amides is 1. The van der Waals surface area contributed by atoms with Crippen LogP contribution in [-0.2, 0) is 4.79 Å². The summed E-state index contributed by atoms with van der Waals surface area (Å²) >= 11 is 0. The molecular weight excluding hydrogens is 282 g/mol. The molecule has 22 heavy (non-hydrogen) atoms. The molecule has 120 valence electrons. The Hall–Kier alpha value is -1.79. The molecule has 1 aromatic rings. The highest BCUT2D eigenvalue weighted by Gasteiger charge is 2.32. The van der Waals surface area contributed by atoms with Crippen molar-refractivity contribution in [2.45, 2.75) is 18.6 Å². The van der Waals surface area contributed by atoms with E-state index < -0.39 is 6.10 Å². The number of nitrogens with zero attached hydrogens (tertiary/aromatic N) is 2. The summed E-state index contributed by atoms with van der Waals surface area (Å²) < 4.78 is 5.26. The van der Waals surface area contributed by atoms with Gasteiger partial charge in [0.2, 0.25) is 5.91 Å². The fourth-order valence-electron chi connectivity index (χ4n) is 3.12. The van der Waals surface area contributed by atoms with E-state index in [-0.39, 0.29) is 11.9 Å². The number of aliphatic hydroxyl groups is 1. The van der Waals surface area contributed by atoms with Crippen LogP contribution >= 0.6 is 0 Å². The normalized spacial score (nSPS) is 25.4. The number of piperazine rings is 1. The zero-order valence-corrected chi connectivity index (χ0v) is 12.9. The summed E-state index contributed by atoms with van der Waals surface area (Å²) in [5.41, 5.74) is 1.13. The summed E-state index contributed by atoms with van der Waals surface area (Å²) in [6.45, 7) is 3.57. The molecule has 2 fully saturated rings. The molecule has 0 aromatic heterocycles. The molecule has 2 unspecified atom stereocenters. The van der Waals surface area contributed by atoms with E-state index in [1.165, 1.54) is 0 Å². The van der Waals surface area contributed by atoms with Gasteiger partial charge in [0.15, 0.2) is 0 Å². The van der Waals surface area contributed by atoms with Gasteiger partial charge in [-0.05, 0) is 18.6 Å². The molecule has 2 heterocycles. The Balaban J connectivity index is 1.56. The molecule has 2 N–H and O–H groups in total. The van der Waals surface area contributed by atoms with Crippen LogP contribution in [0.3, 0.4) is 0 Å². The highest BCUT2D eigenvalue weighted by Crippen LogP contribution is 2.22. The fraction of sp³-hybridized carbons (Fsp3) is 0.562. The summed E-state index contributed by atoms with van der Waals surface area (Å²) in [7, 11) is 1.67. The van der Waals surface area contributed by atoms with Gasteiger partial charge in [0.05, 0.1) is 19.3 Å². The van der Waals surface area contributed by atoms with E-state index in [1.54, 1.807) is 7.11 Å². The van der Waals surface area contributed by atoms with Gasteiger partial charge in [-0.1, -0.05) is 6.07 Å². The molecule has 0 bridgehead atoms. The summed E-state index contributed by atoms with van der Waals surface area (Å²) in [6.07, 6.45) is 0.126. The van der Waals surface area contributed by atoms with Gasteiger partial charge < -0.3 is 25.0 Å². The zero-order valence-electron chi connectivity index (χ0n) is 12.9. The first-order valence-electron chi connectivity index (χ1n) is 7.76. The molecule has 2 saturated heterocycles. The van der Waals surface area contributed by atoms with E-state index in [2.05, 4.69) is 16.3 Å². The Morgan fingerprint density at radius 2 is 2.09 bits per heavy atom. The number of nitrogens with one attached hydrogen (secondary N) is 1. The van der Waals surface area contributed by atoms with Crippen molar-refractivity contribution < 1.29 is 14.6 Å². The molecule has 0 radical (unpaired) electrons. The number of ether oxygens (including phenoxy) is 1. The molecule has 0 spiro atoms. The largest absolute Gasteiger partial charge is 0.497 e. The predicted octanol–water partition coefficient (Wildman–Crippen LogP) is 0.0666. The summed E-state index contributed by atoms with van der Waals surface area (Å²) in [6, 6.07) is 7.77. The SMILES string of the molecule is COc1cccc(N2CCN(C(=O)C3CC(O)CN3)CC2)c1. The number of carbonyl (C=O) groups excluding carboxylic acids is 1. The highest BCUT2D eigenvalue weighted by atomic mass is 16.5. The van der Waals surface area contributed by atoms with Crippen molar-refractivity contribution in [1.29, 1.82) is 0 Å². The van der Waals surface area contributed by atoms with Crippen LogP contribution in [0.25, 0.3) is 0 Å². The van der Waals surface area contributed by atoms with Crippen molar-refractivity contribution >= 4 is 11.6 Å². The fourth-order valence-corrected chi connectivity index (χ4v) is 3.12. The van der Waals surface area contributed by atoms with E-state index >= 15 is 0 Å². The average Bonchev–Trinajstić information content (AvgIpc) is 3.01. The third kappa shape index (κ3) is 3.18. The second kappa shape index (κ2) is 6.54. The van der Waals surface area contributed by atoms with Crippen LogP contribution in [0.1, 0.15) is 6.42 Å². The lowest BCUT2D eigenvalue weighted by Gasteiger charge is -2.37. The lowest BCUT2D eigenvalue weighted by atomic mass is 10.1. The molecule has 0 aliphatic carbocycles. The van der Waals surface area contributed by atoms with Crippen LogP contribution in [0.15, 0.2) is 24.3 Å². The monoisotopic (exact) mass is 305 g/mol. The van der Waals surface area contributed by atoms with Gasteiger partial charge >= 0.3 is 0 Å². The molecule has 3 rings (SSSR count). The van der Waals surface area contributed by atoms with Crippen LogP contribution in [0, 0.1) is 0 Å². The predicted molar refractivity (Wildman–Crippen MR) is 84.2 cm³/mol. The Morgan fingerprint density at radius 3 is 2.73 bits per heavy atom. The Morgan fingerprint density at radius 1 is 1.32 bits per heavy atom. The maximum atomic E-state index is 12.4. The van der Waals surface area contributed by atoms with Gasteiger partial charge in [-0.25, -0.2) is 0 Å². The van der Waals surface area contributed by atoms with Crippen molar-refractivity contribution in [2.75, 3.05) is 44.7 Å². The Labute approximate surface area is 130 Å². The van der Waals surface area contributed by atoms with Crippen LogP contribution in [0.2, 0.25) is 0 Å². The second-order valence-electron chi connectivity index (χ2n) is 5.86. The second-order valence-corrected chi connectivity index (χ2v) is 5.86. The number of carbonyl (C=O) groups is 1. The number of anilines is 1. The highest BCUT2D eigenvalue weighted by molar-refractivity contribution is 5.82. The Bertz CT molecular complexity index is 529. The van der Waals surface area contributed by atoms with E-state index in [9.17, 15) is 9.90 Å². The van der Waals surface area contributed by atoms with E-state index in [4.69, 9.17) is 4.74 Å². The standard InChI is InChI=1S/C16H23N3O3/c1-22-14-4-2-3-12(9-14)18-5-7-19(8-6-18)16(21)15-10-13(20)11-17-15/h2-4,9,13,15,17,20H,5-8,10-11H2,1H3. The third-order valence-corrected chi connectivity index (χ3v) is 4.42. The molecular formula is C16H23N3O3. The Kier molecular flexibility index (Phi) is 4.49. The number of hydrogen-bond acceptors (Lipinski definition) is 5. The van der Waals surface area contributed by atoms with Crippen molar-refractivity contribution in [3.05, 3.63) is 24.3 Å².